The fraction of sp³-hybridized carbons (Fsp3) is 0.0500. The summed E-state index contributed by atoms with van der Waals surface area (Å²) in [4.78, 5) is 31.6. The van der Waals surface area contributed by atoms with E-state index in [4.69, 9.17) is 4.42 Å². The van der Waals surface area contributed by atoms with Crippen molar-refractivity contribution in [2.75, 3.05) is 0 Å². The number of fused-ring (bicyclic) bond motifs is 3. The van der Waals surface area contributed by atoms with Crippen LogP contribution < -0.4 is 0 Å². The highest BCUT2D eigenvalue weighted by Crippen LogP contribution is 2.32. The number of hydrogen-bond acceptors (Lipinski definition) is 5. The molecule has 0 bridgehead atoms. The van der Waals surface area contributed by atoms with Crippen molar-refractivity contribution < 1.29 is 14.0 Å². The molecular weight excluding hydrogens is 334 g/mol. The molecule has 0 spiro atoms. The number of nitrogens with zero attached hydrogens (tertiary/aromatic N) is 1. The number of thiophene rings is 1. The first-order valence-electron chi connectivity index (χ1n) is 7.81. The Morgan fingerprint density at radius 2 is 1.64 bits per heavy atom. The number of rotatable bonds is 1. The number of Topliss-reactive ketones (excluding diaryl/α,β-unsaturated/α-hetero) is 2. The van der Waals surface area contributed by atoms with Crippen LogP contribution in [0, 0.1) is 6.92 Å². The molecule has 0 N–H and O–H groups in total. The van der Waals surface area contributed by atoms with Crippen LogP contribution in [0.15, 0.2) is 52.5 Å². The minimum atomic E-state index is -0.275. The SMILES string of the molecule is Cc1cc2oc(C=C3C(=O)c4cc5ccccc5cc4C3=O)nc2s1. The molecule has 0 aliphatic heterocycles. The van der Waals surface area contributed by atoms with Crippen LogP contribution in [0.5, 0.6) is 0 Å². The first kappa shape index (κ1) is 14.3. The van der Waals surface area contributed by atoms with Crippen molar-refractivity contribution in [1.29, 1.82) is 0 Å². The third-order valence-electron chi connectivity index (χ3n) is 4.36. The molecule has 5 heteroatoms. The normalized spacial score (nSPS) is 13.9. The number of benzene rings is 2. The van der Waals surface area contributed by atoms with Crippen LogP contribution in [-0.4, -0.2) is 16.6 Å². The Hall–Kier alpha value is -3.05. The minimum absolute atomic E-state index is 0.107. The summed E-state index contributed by atoms with van der Waals surface area (Å²) in [6, 6.07) is 13.1. The molecule has 0 saturated carbocycles. The van der Waals surface area contributed by atoms with E-state index in [1.165, 1.54) is 17.4 Å². The van der Waals surface area contributed by atoms with E-state index in [0.717, 1.165) is 20.5 Å². The third kappa shape index (κ3) is 2.09. The first-order chi connectivity index (χ1) is 12.1. The maximum Gasteiger partial charge on any atom is 0.221 e. The van der Waals surface area contributed by atoms with Crippen LogP contribution in [0.3, 0.4) is 0 Å². The second-order valence-corrected chi connectivity index (χ2v) is 7.27. The molecule has 25 heavy (non-hydrogen) atoms. The Labute approximate surface area is 146 Å². The van der Waals surface area contributed by atoms with E-state index in [1.807, 2.05) is 37.3 Å². The van der Waals surface area contributed by atoms with Gasteiger partial charge in [0, 0.05) is 22.1 Å². The van der Waals surface area contributed by atoms with Crippen LogP contribution in [0.25, 0.3) is 27.3 Å². The van der Waals surface area contributed by atoms with E-state index < -0.39 is 0 Å². The Morgan fingerprint density at radius 1 is 1.00 bits per heavy atom. The van der Waals surface area contributed by atoms with Crippen LogP contribution in [0.1, 0.15) is 31.5 Å². The largest absolute Gasteiger partial charge is 0.436 e. The average Bonchev–Trinajstić information content (AvgIpc) is 3.20. The van der Waals surface area contributed by atoms with Crippen molar-refractivity contribution in [2.45, 2.75) is 6.92 Å². The summed E-state index contributed by atoms with van der Waals surface area (Å²) < 4.78 is 5.64. The van der Waals surface area contributed by atoms with Gasteiger partial charge in [-0.1, -0.05) is 24.3 Å². The summed E-state index contributed by atoms with van der Waals surface area (Å²) in [5.41, 5.74) is 1.67. The van der Waals surface area contributed by atoms with Crippen LogP contribution >= 0.6 is 11.3 Å². The topological polar surface area (TPSA) is 60.2 Å². The van der Waals surface area contributed by atoms with E-state index >= 15 is 0 Å². The maximum absolute atomic E-state index is 12.7. The van der Waals surface area contributed by atoms with Crippen LogP contribution in [-0.2, 0) is 0 Å². The molecule has 1 aliphatic rings. The Kier molecular flexibility index (Phi) is 2.85. The predicted octanol–water partition coefficient (Wildman–Crippen LogP) is 4.81. The molecular formula is C20H11NO3S. The number of carbonyl (C=O) groups excluding carboxylic acids is 2. The van der Waals surface area contributed by atoms with Gasteiger partial charge in [-0.05, 0) is 35.9 Å². The number of allylic oxidation sites excluding steroid dienone is 1. The summed E-state index contributed by atoms with van der Waals surface area (Å²) in [5.74, 6) is -0.262. The second kappa shape index (κ2) is 4.97. The molecule has 0 unspecified atom stereocenters. The lowest BCUT2D eigenvalue weighted by Crippen LogP contribution is -2.00. The Balaban J connectivity index is 1.64. The van der Waals surface area contributed by atoms with Crippen molar-refractivity contribution >= 4 is 50.2 Å². The monoisotopic (exact) mass is 345 g/mol. The lowest BCUT2D eigenvalue weighted by atomic mass is 10.0. The number of hydrogen-bond donors (Lipinski definition) is 0. The third-order valence-corrected chi connectivity index (χ3v) is 5.29. The average molecular weight is 345 g/mol. The first-order valence-corrected chi connectivity index (χ1v) is 8.63. The highest BCUT2D eigenvalue weighted by Gasteiger charge is 2.34. The highest BCUT2D eigenvalue weighted by molar-refractivity contribution is 7.18. The summed E-state index contributed by atoms with van der Waals surface area (Å²) in [6.45, 7) is 1.98. The number of ketones is 2. The smallest absolute Gasteiger partial charge is 0.221 e. The number of aryl methyl sites for hydroxylation is 1. The summed E-state index contributed by atoms with van der Waals surface area (Å²) in [7, 11) is 0. The summed E-state index contributed by atoms with van der Waals surface area (Å²) in [5, 5.41) is 1.88. The van der Waals surface area contributed by atoms with Gasteiger partial charge in [0.1, 0.15) is 0 Å². The second-order valence-electron chi connectivity index (χ2n) is 6.04. The van der Waals surface area contributed by atoms with Gasteiger partial charge < -0.3 is 4.42 Å². The molecule has 2 aromatic heterocycles. The molecule has 0 radical (unpaired) electrons. The molecule has 0 fully saturated rings. The van der Waals surface area contributed by atoms with E-state index in [1.54, 1.807) is 12.1 Å². The lowest BCUT2D eigenvalue weighted by Gasteiger charge is -2.00. The van der Waals surface area contributed by atoms with Gasteiger partial charge in [0.25, 0.3) is 0 Å². The molecule has 0 saturated heterocycles. The lowest BCUT2D eigenvalue weighted by molar-refractivity contribution is 0.0990. The van der Waals surface area contributed by atoms with Gasteiger partial charge in [0.2, 0.25) is 5.89 Å². The molecule has 2 aromatic carbocycles. The quantitative estimate of drug-likeness (QED) is 0.367. The number of aromatic nitrogens is 1. The van der Waals surface area contributed by atoms with Gasteiger partial charge in [-0.25, -0.2) is 0 Å². The molecule has 0 amide bonds. The molecule has 5 rings (SSSR count). The van der Waals surface area contributed by atoms with E-state index in [2.05, 4.69) is 4.98 Å². The van der Waals surface area contributed by atoms with Gasteiger partial charge in [-0.2, -0.15) is 4.98 Å². The fourth-order valence-electron chi connectivity index (χ4n) is 3.19. The number of carbonyl (C=O) groups is 2. The fourth-order valence-corrected chi connectivity index (χ4v) is 4.00. The minimum Gasteiger partial charge on any atom is -0.436 e. The molecule has 2 heterocycles. The molecule has 4 nitrogen and oxygen atoms in total. The zero-order valence-electron chi connectivity index (χ0n) is 13.2. The van der Waals surface area contributed by atoms with Gasteiger partial charge in [-0.15, -0.1) is 11.3 Å². The molecule has 4 aromatic rings. The zero-order valence-corrected chi connectivity index (χ0v) is 14.0. The van der Waals surface area contributed by atoms with Crippen molar-refractivity contribution in [2.24, 2.45) is 0 Å². The van der Waals surface area contributed by atoms with Crippen LogP contribution in [0.4, 0.5) is 0 Å². The molecule has 0 atom stereocenters. The van der Waals surface area contributed by atoms with E-state index in [0.29, 0.717) is 16.7 Å². The highest BCUT2D eigenvalue weighted by atomic mass is 32.1. The van der Waals surface area contributed by atoms with Gasteiger partial charge in [-0.3, -0.25) is 9.59 Å². The van der Waals surface area contributed by atoms with Crippen molar-refractivity contribution in [3.05, 3.63) is 69.9 Å². The molecule has 120 valence electrons. The van der Waals surface area contributed by atoms with E-state index in [-0.39, 0.29) is 23.0 Å². The Morgan fingerprint density at radius 3 is 2.24 bits per heavy atom. The van der Waals surface area contributed by atoms with Crippen LogP contribution in [0.2, 0.25) is 0 Å². The summed E-state index contributed by atoms with van der Waals surface area (Å²) >= 11 is 1.52. The van der Waals surface area contributed by atoms with Crippen molar-refractivity contribution in [1.82, 2.24) is 4.98 Å². The van der Waals surface area contributed by atoms with Gasteiger partial charge in [0.15, 0.2) is 22.0 Å². The van der Waals surface area contributed by atoms with Gasteiger partial charge >= 0.3 is 0 Å². The molecule has 1 aliphatic carbocycles. The van der Waals surface area contributed by atoms with Crippen molar-refractivity contribution in [3.63, 3.8) is 0 Å². The summed E-state index contributed by atoms with van der Waals surface area (Å²) in [6.07, 6.45) is 1.46. The number of oxazole rings is 1. The maximum atomic E-state index is 12.7. The van der Waals surface area contributed by atoms with E-state index in [9.17, 15) is 9.59 Å². The van der Waals surface area contributed by atoms with Crippen molar-refractivity contribution in [3.8, 4) is 0 Å². The zero-order chi connectivity index (χ0) is 17.1. The Bertz CT molecular complexity index is 1150. The predicted molar refractivity (Wildman–Crippen MR) is 97.2 cm³/mol. The standard InChI is InChI=1S/C20H11NO3S/c1-10-6-16-20(25-10)21-17(24-16)9-15-18(22)13-7-11-4-2-3-5-12(11)8-14(13)19(15)23/h2-9H,1H3. The van der Waals surface area contributed by atoms with Gasteiger partial charge in [0.05, 0.1) is 5.57 Å².